The van der Waals surface area contributed by atoms with Gasteiger partial charge in [0.1, 0.15) is 0 Å². The van der Waals surface area contributed by atoms with Gasteiger partial charge in [-0.3, -0.25) is 0 Å². The van der Waals surface area contributed by atoms with E-state index >= 15 is 0 Å². The zero-order chi connectivity index (χ0) is 35.2. The van der Waals surface area contributed by atoms with Crippen LogP contribution in [0.3, 0.4) is 0 Å². The van der Waals surface area contributed by atoms with Gasteiger partial charge in [0.05, 0.1) is 17.1 Å². The second-order valence-electron chi connectivity index (χ2n) is 15.2. The number of hydrogen-bond donors (Lipinski definition) is 0. The van der Waals surface area contributed by atoms with E-state index in [1.165, 1.54) is 112 Å². The molecule has 1 nitrogen and oxygen atoms in total. The second-order valence-corrected chi connectivity index (χ2v) is 16.2. The molecule has 1 heterocycles. The maximum atomic E-state index is 2.60. The molecule has 0 radical (unpaired) electrons. The van der Waals surface area contributed by atoms with Crippen molar-refractivity contribution in [3.05, 3.63) is 151 Å². The van der Waals surface area contributed by atoms with E-state index in [0.29, 0.717) is 5.92 Å². The minimum atomic E-state index is 0.715. The summed E-state index contributed by atoms with van der Waals surface area (Å²) >= 11 is 1.97. The number of benzene rings is 8. The van der Waals surface area contributed by atoms with Crippen LogP contribution in [-0.2, 0) is 6.42 Å². The lowest BCUT2D eigenvalue weighted by atomic mass is 9.93. The summed E-state index contributed by atoms with van der Waals surface area (Å²) in [6.45, 7) is 7.14. The quantitative estimate of drug-likeness (QED) is 0.129. The van der Waals surface area contributed by atoms with Crippen LogP contribution in [0.15, 0.2) is 146 Å². The fourth-order valence-corrected chi connectivity index (χ4v) is 9.76. The van der Waals surface area contributed by atoms with Crippen molar-refractivity contribution < 1.29 is 0 Å². The van der Waals surface area contributed by atoms with Gasteiger partial charge in [0.25, 0.3) is 0 Å². The number of thiophene rings is 1. The molecule has 9 aromatic rings. The Morgan fingerprint density at radius 1 is 0.481 bits per heavy atom. The number of anilines is 3. The first-order valence-electron chi connectivity index (χ1n) is 19.1. The number of hydrogen-bond acceptors (Lipinski definition) is 2. The van der Waals surface area contributed by atoms with Crippen LogP contribution in [0, 0.1) is 11.8 Å². The molecule has 0 spiro atoms. The van der Waals surface area contributed by atoms with Gasteiger partial charge in [-0.25, -0.2) is 0 Å². The fraction of sp³-hybridized carbons (Fsp3) is 0.200. The molecule has 1 unspecified atom stereocenters. The maximum Gasteiger partial charge on any atom is 0.0555 e. The highest BCUT2D eigenvalue weighted by atomic mass is 32.1. The molecule has 9 rings (SSSR count). The Bertz CT molecular complexity index is 2610. The number of aryl methyl sites for hydroxylation is 1. The van der Waals surface area contributed by atoms with Gasteiger partial charge in [-0.05, 0) is 86.8 Å². The highest BCUT2D eigenvalue weighted by Gasteiger charge is 2.24. The molecule has 0 aliphatic rings. The third-order valence-electron chi connectivity index (χ3n) is 11.2. The van der Waals surface area contributed by atoms with E-state index in [1.54, 1.807) is 0 Å². The summed E-state index contributed by atoms with van der Waals surface area (Å²) in [5.74, 6) is 1.49. The largest absolute Gasteiger partial charge is 0.309 e. The standard InChI is InChI=1S/C50H45NS/c1-33(2)15-14-16-34(3)27-28-35-29-30-45(49-44-25-12-13-26-48(44)52-50(35)49)51(46-31-36-17-4-6-19-38(36)40-21-8-10-23-42(40)46)47-32-37-18-5-7-20-39(37)41-22-9-11-24-43(41)47/h4-13,17-26,29-34H,14-16,27-28H2,1-3H3. The van der Waals surface area contributed by atoms with Gasteiger partial charge in [0.2, 0.25) is 0 Å². The summed E-state index contributed by atoms with van der Waals surface area (Å²) < 4.78 is 2.77. The van der Waals surface area contributed by atoms with Crippen molar-refractivity contribution in [2.45, 2.75) is 52.9 Å². The van der Waals surface area contributed by atoms with Crippen LogP contribution in [0.1, 0.15) is 52.0 Å². The highest BCUT2D eigenvalue weighted by molar-refractivity contribution is 7.26. The van der Waals surface area contributed by atoms with Crippen LogP contribution in [0.2, 0.25) is 0 Å². The summed E-state index contributed by atoms with van der Waals surface area (Å²) in [6, 6.07) is 54.5. The van der Waals surface area contributed by atoms with Crippen LogP contribution in [-0.4, -0.2) is 0 Å². The van der Waals surface area contributed by atoms with Gasteiger partial charge in [0, 0.05) is 30.9 Å². The lowest BCUT2D eigenvalue weighted by Crippen LogP contribution is -2.12. The third kappa shape index (κ3) is 5.80. The molecule has 0 bridgehead atoms. The molecule has 0 saturated heterocycles. The van der Waals surface area contributed by atoms with E-state index in [1.807, 2.05) is 11.3 Å². The molecule has 256 valence electrons. The van der Waals surface area contributed by atoms with Crippen LogP contribution in [0.4, 0.5) is 17.1 Å². The molecule has 0 amide bonds. The highest BCUT2D eigenvalue weighted by Crippen LogP contribution is 2.50. The first-order chi connectivity index (χ1) is 25.5. The van der Waals surface area contributed by atoms with Gasteiger partial charge in [-0.15, -0.1) is 11.3 Å². The van der Waals surface area contributed by atoms with Gasteiger partial charge in [-0.2, -0.15) is 0 Å². The van der Waals surface area contributed by atoms with Crippen molar-refractivity contribution >= 4 is 91.7 Å². The summed E-state index contributed by atoms with van der Waals surface area (Å²) in [4.78, 5) is 2.60. The molecular formula is C50H45NS. The van der Waals surface area contributed by atoms with Crippen molar-refractivity contribution in [3.63, 3.8) is 0 Å². The predicted octanol–water partition coefficient (Wildman–Crippen LogP) is 15.5. The minimum Gasteiger partial charge on any atom is -0.309 e. The fourth-order valence-electron chi connectivity index (χ4n) is 8.50. The molecular weight excluding hydrogens is 647 g/mol. The normalized spacial score (nSPS) is 12.6. The Morgan fingerprint density at radius 3 is 1.60 bits per heavy atom. The van der Waals surface area contributed by atoms with Gasteiger partial charge >= 0.3 is 0 Å². The summed E-state index contributed by atoms with van der Waals surface area (Å²) in [5.41, 5.74) is 5.13. The molecule has 52 heavy (non-hydrogen) atoms. The van der Waals surface area contributed by atoms with Crippen LogP contribution < -0.4 is 4.90 Å². The van der Waals surface area contributed by atoms with E-state index < -0.39 is 0 Å². The SMILES string of the molecule is CC(C)CCCC(C)CCc1ccc(N(c2cc3ccccc3c3ccccc23)c2cc3ccccc3c3ccccc23)c2c1sc1ccccc12. The van der Waals surface area contributed by atoms with Crippen molar-refractivity contribution in [2.24, 2.45) is 11.8 Å². The van der Waals surface area contributed by atoms with Crippen molar-refractivity contribution in [1.29, 1.82) is 0 Å². The molecule has 0 fully saturated rings. The molecule has 0 N–H and O–H groups in total. The summed E-state index contributed by atoms with van der Waals surface area (Å²) in [5, 5.41) is 12.8. The van der Waals surface area contributed by atoms with Crippen LogP contribution >= 0.6 is 11.3 Å². The molecule has 1 aromatic heterocycles. The lowest BCUT2D eigenvalue weighted by molar-refractivity contribution is 0.437. The number of rotatable bonds is 10. The first kappa shape index (κ1) is 32.7. The van der Waals surface area contributed by atoms with Crippen LogP contribution in [0.25, 0.3) is 63.3 Å². The predicted molar refractivity (Wildman–Crippen MR) is 230 cm³/mol. The minimum absolute atomic E-state index is 0.715. The zero-order valence-corrected chi connectivity index (χ0v) is 31.2. The van der Waals surface area contributed by atoms with Gasteiger partial charge in [-0.1, -0.05) is 161 Å². The number of fused-ring (bicyclic) bond motifs is 9. The average molecular weight is 692 g/mol. The Hall–Kier alpha value is -5.18. The lowest BCUT2D eigenvalue weighted by Gasteiger charge is -2.30. The van der Waals surface area contributed by atoms with E-state index in [9.17, 15) is 0 Å². The van der Waals surface area contributed by atoms with Crippen molar-refractivity contribution in [2.75, 3.05) is 4.90 Å². The van der Waals surface area contributed by atoms with Gasteiger partial charge < -0.3 is 4.90 Å². The molecule has 2 heteroatoms. The molecule has 0 aliphatic carbocycles. The van der Waals surface area contributed by atoms with Crippen LogP contribution in [0.5, 0.6) is 0 Å². The van der Waals surface area contributed by atoms with Crippen molar-refractivity contribution in [1.82, 2.24) is 0 Å². The second kappa shape index (κ2) is 13.7. The van der Waals surface area contributed by atoms with E-state index in [0.717, 1.165) is 12.3 Å². The third-order valence-corrected chi connectivity index (χ3v) is 12.4. The summed E-state index contributed by atoms with van der Waals surface area (Å²) in [6.07, 6.45) is 6.27. The molecule has 0 aliphatic heterocycles. The molecule has 8 aromatic carbocycles. The Labute approximate surface area is 311 Å². The van der Waals surface area contributed by atoms with E-state index in [4.69, 9.17) is 0 Å². The Morgan fingerprint density at radius 2 is 1.00 bits per heavy atom. The first-order valence-corrected chi connectivity index (χ1v) is 19.9. The smallest absolute Gasteiger partial charge is 0.0555 e. The average Bonchev–Trinajstić information content (AvgIpc) is 3.58. The number of nitrogens with zero attached hydrogens (tertiary/aromatic N) is 1. The van der Waals surface area contributed by atoms with E-state index in [2.05, 4.69) is 171 Å². The zero-order valence-electron chi connectivity index (χ0n) is 30.4. The molecule has 1 atom stereocenters. The molecule has 0 saturated carbocycles. The van der Waals surface area contributed by atoms with Gasteiger partial charge in [0.15, 0.2) is 0 Å². The van der Waals surface area contributed by atoms with Crippen molar-refractivity contribution in [3.8, 4) is 0 Å². The van der Waals surface area contributed by atoms with E-state index in [-0.39, 0.29) is 0 Å². The summed E-state index contributed by atoms with van der Waals surface area (Å²) in [7, 11) is 0. The maximum absolute atomic E-state index is 2.60. The monoisotopic (exact) mass is 691 g/mol. The Balaban J connectivity index is 1.33. The topological polar surface area (TPSA) is 3.24 Å². The Kier molecular flexibility index (Phi) is 8.65.